The van der Waals surface area contributed by atoms with E-state index < -0.39 is 0 Å². The highest BCUT2D eigenvalue weighted by atomic mass is 19.1. The van der Waals surface area contributed by atoms with Crippen LogP contribution in [-0.2, 0) is 5.54 Å². The van der Waals surface area contributed by atoms with Crippen molar-refractivity contribution in [3.05, 3.63) is 36.4 Å². The van der Waals surface area contributed by atoms with Gasteiger partial charge >= 0.3 is 0 Å². The molecular weight excluding hydrogens is 217 g/mol. The summed E-state index contributed by atoms with van der Waals surface area (Å²) in [4.78, 5) is 4.26. The van der Waals surface area contributed by atoms with Crippen LogP contribution in [0.1, 0.15) is 20.8 Å². The minimum absolute atomic E-state index is 0.136. The molecule has 0 saturated carbocycles. The molecule has 2 aromatic rings. The van der Waals surface area contributed by atoms with Gasteiger partial charge in [0.05, 0.1) is 6.33 Å². The number of aromatic nitrogens is 2. The highest BCUT2D eigenvalue weighted by molar-refractivity contribution is 5.70. The Balaban J connectivity index is 2.52. The Bertz CT molecular complexity index is 538. The van der Waals surface area contributed by atoms with Crippen LogP contribution in [0.3, 0.4) is 0 Å². The summed E-state index contributed by atoms with van der Waals surface area (Å²) in [5.74, 6) is 0.273. The molecule has 1 heterocycles. The molecule has 0 aliphatic carbocycles. The van der Waals surface area contributed by atoms with Gasteiger partial charge in [-0.3, -0.25) is 0 Å². The van der Waals surface area contributed by atoms with Crippen LogP contribution in [-0.4, -0.2) is 9.55 Å². The summed E-state index contributed by atoms with van der Waals surface area (Å²) in [6, 6.07) is 6.29. The molecule has 17 heavy (non-hydrogen) atoms. The Hall–Kier alpha value is -1.84. The van der Waals surface area contributed by atoms with E-state index in [0.29, 0.717) is 17.1 Å². The number of nitrogens with zero attached hydrogens (tertiary/aromatic N) is 2. The number of imidazole rings is 1. The fraction of sp³-hybridized carbons (Fsp3) is 0.308. The number of nitrogens with two attached hydrogens (primary N) is 1. The van der Waals surface area contributed by atoms with Crippen LogP contribution in [0.2, 0.25) is 0 Å². The first kappa shape index (κ1) is 11.6. The molecular formula is C13H16FN3. The van der Waals surface area contributed by atoms with Crippen LogP contribution >= 0.6 is 0 Å². The quantitative estimate of drug-likeness (QED) is 0.822. The van der Waals surface area contributed by atoms with Crippen molar-refractivity contribution in [2.24, 2.45) is 0 Å². The van der Waals surface area contributed by atoms with Crippen LogP contribution in [0, 0.1) is 5.82 Å². The second kappa shape index (κ2) is 3.87. The predicted molar refractivity (Wildman–Crippen MR) is 67.0 cm³/mol. The summed E-state index contributed by atoms with van der Waals surface area (Å²) in [5, 5.41) is 0. The molecule has 0 aliphatic heterocycles. The van der Waals surface area contributed by atoms with Gasteiger partial charge in [-0.25, -0.2) is 9.37 Å². The van der Waals surface area contributed by atoms with Gasteiger partial charge in [0.25, 0.3) is 0 Å². The van der Waals surface area contributed by atoms with E-state index in [0.717, 1.165) is 0 Å². The van der Waals surface area contributed by atoms with Gasteiger partial charge in [-0.2, -0.15) is 0 Å². The molecule has 0 unspecified atom stereocenters. The SMILES string of the molecule is CC(C)(C)n1cnc(-c2cccc(F)c2)c1N. The van der Waals surface area contributed by atoms with Crippen molar-refractivity contribution in [3.8, 4) is 11.3 Å². The molecule has 2 N–H and O–H groups in total. The molecule has 1 aromatic carbocycles. The normalized spacial score (nSPS) is 11.8. The first-order chi connectivity index (χ1) is 7.89. The molecule has 0 saturated heterocycles. The molecule has 0 spiro atoms. The van der Waals surface area contributed by atoms with E-state index in [-0.39, 0.29) is 11.4 Å². The average Bonchev–Trinajstić information content (AvgIpc) is 2.59. The van der Waals surface area contributed by atoms with Crippen molar-refractivity contribution in [2.45, 2.75) is 26.3 Å². The van der Waals surface area contributed by atoms with Gasteiger partial charge in [-0.05, 0) is 32.9 Å². The smallest absolute Gasteiger partial charge is 0.132 e. The van der Waals surface area contributed by atoms with Crippen molar-refractivity contribution < 1.29 is 4.39 Å². The maximum atomic E-state index is 13.1. The van der Waals surface area contributed by atoms with Gasteiger partial charge < -0.3 is 10.3 Å². The van der Waals surface area contributed by atoms with Crippen LogP contribution in [0.15, 0.2) is 30.6 Å². The Kier molecular flexibility index (Phi) is 2.65. The zero-order chi connectivity index (χ0) is 12.6. The first-order valence-corrected chi connectivity index (χ1v) is 5.49. The highest BCUT2D eigenvalue weighted by Crippen LogP contribution is 2.28. The number of nitrogen functional groups attached to an aromatic ring is 1. The summed E-state index contributed by atoms with van der Waals surface area (Å²) in [5.41, 5.74) is 7.24. The van der Waals surface area contributed by atoms with Gasteiger partial charge in [0, 0.05) is 11.1 Å². The second-order valence-corrected chi connectivity index (χ2v) is 5.03. The van der Waals surface area contributed by atoms with E-state index >= 15 is 0 Å². The van der Waals surface area contributed by atoms with Gasteiger partial charge in [-0.1, -0.05) is 12.1 Å². The van der Waals surface area contributed by atoms with E-state index in [1.165, 1.54) is 12.1 Å². The van der Waals surface area contributed by atoms with Crippen LogP contribution in [0.5, 0.6) is 0 Å². The molecule has 0 amide bonds. The topological polar surface area (TPSA) is 43.8 Å². The van der Waals surface area contributed by atoms with E-state index in [1.807, 2.05) is 25.3 Å². The number of anilines is 1. The molecule has 1 aromatic heterocycles. The van der Waals surface area contributed by atoms with E-state index in [4.69, 9.17) is 5.73 Å². The van der Waals surface area contributed by atoms with Crippen molar-refractivity contribution in [1.82, 2.24) is 9.55 Å². The second-order valence-electron chi connectivity index (χ2n) is 5.03. The Morgan fingerprint density at radius 1 is 1.29 bits per heavy atom. The van der Waals surface area contributed by atoms with Crippen molar-refractivity contribution >= 4 is 5.82 Å². The summed E-state index contributed by atoms with van der Waals surface area (Å²) < 4.78 is 15.0. The zero-order valence-corrected chi connectivity index (χ0v) is 10.2. The highest BCUT2D eigenvalue weighted by Gasteiger charge is 2.19. The summed E-state index contributed by atoms with van der Waals surface area (Å²) in [7, 11) is 0. The van der Waals surface area contributed by atoms with Crippen LogP contribution in [0.4, 0.5) is 10.2 Å². The van der Waals surface area contributed by atoms with Crippen molar-refractivity contribution in [1.29, 1.82) is 0 Å². The number of halogens is 1. The van der Waals surface area contributed by atoms with E-state index in [2.05, 4.69) is 4.98 Å². The molecule has 3 nitrogen and oxygen atoms in total. The largest absolute Gasteiger partial charge is 0.383 e. The minimum Gasteiger partial charge on any atom is -0.383 e. The van der Waals surface area contributed by atoms with Crippen LogP contribution < -0.4 is 5.73 Å². The van der Waals surface area contributed by atoms with Gasteiger partial charge in [0.2, 0.25) is 0 Å². The third kappa shape index (κ3) is 2.16. The summed E-state index contributed by atoms with van der Waals surface area (Å²) in [6.45, 7) is 6.13. The van der Waals surface area contributed by atoms with Gasteiger partial charge in [-0.15, -0.1) is 0 Å². The monoisotopic (exact) mass is 233 g/mol. The number of hydrogen-bond donors (Lipinski definition) is 1. The molecule has 0 aliphatic rings. The maximum Gasteiger partial charge on any atom is 0.132 e. The number of benzene rings is 1. The molecule has 2 rings (SSSR count). The number of hydrogen-bond acceptors (Lipinski definition) is 2. The van der Waals surface area contributed by atoms with Crippen LogP contribution in [0.25, 0.3) is 11.3 Å². The Morgan fingerprint density at radius 3 is 2.53 bits per heavy atom. The summed E-state index contributed by atoms with van der Waals surface area (Å²) >= 11 is 0. The summed E-state index contributed by atoms with van der Waals surface area (Å²) in [6.07, 6.45) is 1.69. The molecule has 90 valence electrons. The lowest BCUT2D eigenvalue weighted by molar-refractivity contribution is 0.402. The third-order valence-electron chi connectivity index (χ3n) is 2.63. The number of rotatable bonds is 1. The van der Waals surface area contributed by atoms with E-state index in [9.17, 15) is 4.39 Å². The lowest BCUT2D eigenvalue weighted by Crippen LogP contribution is -2.22. The lowest BCUT2D eigenvalue weighted by atomic mass is 10.1. The van der Waals surface area contributed by atoms with Gasteiger partial charge in [0.15, 0.2) is 0 Å². The van der Waals surface area contributed by atoms with Crippen molar-refractivity contribution in [2.75, 3.05) is 5.73 Å². The Morgan fingerprint density at radius 2 is 2.00 bits per heavy atom. The molecule has 0 bridgehead atoms. The minimum atomic E-state index is -0.285. The molecule has 4 heteroatoms. The fourth-order valence-electron chi connectivity index (χ4n) is 1.75. The van der Waals surface area contributed by atoms with Gasteiger partial charge in [0.1, 0.15) is 17.3 Å². The third-order valence-corrected chi connectivity index (χ3v) is 2.63. The van der Waals surface area contributed by atoms with Crippen molar-refractivity contribution in [3.63, 3.8) is 0 Å². The standard InChI is InChI=1S/C13H16FN3/c1-13(2,3)17-8-16-11(12(17)15)9-5-4-6-10(14)7-9/h4-8H,15H2,1-3H3. The molecule has 0 radical (unpaired) electrons. The maximum absolute atomic E-state index is 13.1. The fourth-order valence-corrected chi connectivity index (χ4v) is 1.75. The zero-order valence-electron chi connectivity index (χ0n) is 10.2. The lowest BCUT2D eigenvalue weighted by Gasteiger charge is -2.22. The molecule has 0 atom stereocenters. The average molecular weight is 233 g/mol. The predicted octanol–water partition coefficient (Wildman–Crippen LogP) is 3.03. The first-order valence-electron chi connectivity index (χ1n) is 5.49. The van der Waals surface area contributed by atoms with E-state index in [1.54, 1.807) is 18.5 Å². The Labute approximate surface area is 100 Å². The molecule has 0 fully saturated rings.